The molecule has 0 aromatic carbocycles. The third kappa shape index (κ3) is 2.41. The fourth-order valence-corrected chi connectivity index (χ4v) is 2.36. The van der Waals surface area contributed by atoms with E-state index in [1.165, 1.54) is 10.6 Å². The molecule has 0 spiro atoms. The highest BCUT2D eigenvalue weighted by Gasteiger charge is 2.26. The van der Waals surface area contributed by atoms with Crippen LogP contribution in [0.25, 0.3) is 5.52 Å². The summed E-state index contributed by atoms with van der Waals surface area (Å²) in [5, 5.41) is 4.17. The average molecular weight is 298 g/mol. The van der Waals surface area contributed by atoms with Crippen molar-refractivity contribution in [2.45, 2.75) is 19.4 Å². The number of rotatable bonds is 1. The number of carbonyl (C=O) groups is 1. The van der Waals surface area contributed by atoms with Crippen LogP contribution in [0.4, 0.5) is 0 Å². The van der Waals surface area contributed by atoms with E-state index in [0.29, 0.717) is 24.3 Å². The molecule has 1 unspecified atom stereocenters. The summed E-state index contributed by atoms with van der Waals surface area (Å²) in [7, 11) is 0. The first-order valence-electron chi connectivity index (χ1n) is 6.19. The van der Waals surface area contributed by atoms with Gasteiger partial charge in [-0.1, -0.05) is 0 Å². The number of hydrogen-bond acceptors (Lipinski definition) is 4. The van der Waals surface area contributed by atoms with Crippen molar-refractivity contribution in [2.75, 3.05) is 13.1 Å². The van der Waals surface area contributed by atoms with Crippen molar-refractivity contribution < 1.29 is 4.79 Å². The molecule has 0 saturated carbocycles. The zero-order valence-corrected chi connectivity index (χ0v) is 11.8. The molecule has 0 bridgehead atoms. The minimum Gasteiger partial charge on any atom is -0.336 e. The molecule has 0 aliphatic carbocycles. The number of likely N-dealkylation sites (tertiary alicyclic amines) is 1. The van der Waals surface area contributed by atoms with Crippen molar-refractivity contribution in [3.63, 3.8) is 0 Å². The van der Waals surface area contributed by atoms with Crippen LogP contribution in [0.1, 0.15) is 22.6 Å². The normalized spacial score (nSPS) is 18.3. The van der Waals surface area contributed by atoms with Gasteiger partial charge in [0.05, 0.1) is 0 Å². The van der Waals surface area contributed by atoms with Crippen LogP contribution in [-0.2, 0) is 0 Å². The van der Waals surface area contributed by atoms with Gasteiger partial charge in [0, 0.05) is 37.1 Å². The van der Waals surface area contributed by atoms with Gasteiger partial charge in [-0.2, -0.15) is 5.10 Å². The highest BCUT2D eigenvalue weighted by molar-refractivity contribution is 5.93. The minimum absolute atomic E-state index is 0. The molecule has 1 aliphatic heterocycles. The Morgan fingerprint density at radius 2 is 2.30 bits per heavy atom. The molecule has 7 nitrogen and oxygen atoms in total. The Kier molecular flexibility index (Phi) is 3.82. The Labute approximate surface area is 121 Å². The first-order chi connectivity index (χ1) is 9.04. The number of halogens is 1. The molecule has 0 radical (unpaired) electrons. The van der Waals surface area contributed by atoms with Crippen molar-refractivity contribution in [1.82, 2.24) is 19.5 Å². The molecule has 3 N–H and O–H groups in total. The van der Waals surface area contributed by atoms with E-state index in [-0.39, 0.29) is 35.6 Å². The smallest absolute Gasteiger partial charge is 0.274 e. The third-order valence-corrected chi connectivity index (χ3v) is 3.33. The lowest BCUT2D eigenvalue weighted by Gasteiger charge is -2.13. The number of nitrogens with one attached hydrogen (secondary N) is 1. The molecule has 1 amide bonds. The van der Waals surface area contributed by atoms with Crippen LogP contribution in [0.2, 0.25) is 0 Å². The number of aromatic nitrogens is 3. The molecule has 2 aromatic heterocycles. The molecular weight excluding hydrogens is 282 g/mol. The summed E-state index contributed by atoms with van der Waals surface area (Å²) >= 11 is 0. The predicted molar refractivity (Wildman–Crippen MR) is 76.3 cm³/mol. The maximum Gasteiger partial charge on any atom is 0.274 e. The van der Waals surface area contributed by atoms with Gasteiger partial charge in [-0.15, -0.1) is 12.4 Å². The summed E-state index contributed by atoms with van der Waals surface area (Å²) in [6.07, 6.45) is 2.49. The minimum atomic E-state index is -0.246. The number of carbonyl (C=O) groups excluding carboxylic acids is 1. The highest BCUT2D eigenvalue weighted by Crippen LogP contribution is 2.12. The fourth-order valence-electron chi connectivity index (χ4n) is 2.36. The van der Waals surface area contributed by atoms with Gasteiger partial charge in [-0.3, -0.25) is 9.59 Å². The fraction of sp³-hybridized carbons (Fsp3) is 0.417. The maximum absolute atomic E-state index is 12.2. The standard InChI is InChI=1S/C12H15N5O2.ClH/c1-7-5-17-10(11(18)14-7)4-9(15-17)12(19)16-3-2-8(13)6-16;/h4-5,8H,2-3,6,13H2,1H3,(H,14,18);1H. The Balaban J connectivity index is 0.00000147. The van der Waals surface area contributed by atoms with Crippen LogP contribution < -0.4 is 11.3 Å². The first kappa shape index (κ1) is 14.5. The second kappa shape index (κ2) is 5.26. The number of aromatic amines is 1. The predicted octanol–water partition coefficient (Wildman–Crippen LogP) is -0.0740. The second-order valence-corrected chi connectivity index (χ2v) is 4.93. The maximum atomic E-state index is 12.2. The molecule has 3 heterocycles. The first-order valence-corrected chi connectivity index (χ1v) is 6.19. The number of amides is 1. The van der Waals surface area contributed by atoms with Crippen molar-refractivity contribution in [1.29, 1.82) is 0 Å². The van der Waals surface area contributed by atoms with Gasteiger partial charge < -0.3 is 15.6 Å². The zero-order valence-electron chi connectivity index (χ0n) is 11.0. The summed E-state index contributed by atoms with van der Waals surface area (Å²) < 4.78 is 1.44. The van der Waals surface area contributed by atoms with Crippen LogP contribution in [0.5, 0.6) is 0 Å². The second-order valence-electron chi connectivity index (χ2n) is 4.93. The topological polar surface area (TPSA) is 96.5 Å². The summed E-state index contributed by atoms with van der Waals surface area (Å²) in [6.45, 7) is 2.95. The SMILES string of the molecule is Cc1cn2nc(C(=O)N3CCC(N)C3)cc2c(=O)[nH]1.Cl. The van der Waals surface area contributed by atoms with Gasteiger partial charge in [0.15, 0.2) is 5.69 Å². The van der Waals surface area contributed by atoms with E-state index in [4.69, 9.17) is 5.73 Å². The monoisotopic (exact) mass is 297 g/mol. The summed E-state index contributed by atoms with van der Waals surface area (Å²) in [4.78, 5) is 28.3. The molecule has 8 heteroatoms. The Bertz CT molecular complexity index is 707. The van der Waals surface area contributed by atoms with Crippen LogP contribution in [-0.4, -0.2) is 44.5 Å². The molecule has 1 aliphatic rings. The zero-order chi connectivity index (χ0) is 13.6. The Morgan fingerprint density at radius 3 is 2.95 bits per heavy atom. The average Bonchev–Trinajstić information content (AvgIpc) is 2.94. The van der Waals surface area contributed by atoms with Crippen LogP contribution >= 0.6 is 12.4 Å². The number of aryl methyl sites for hydroxylation is 1. The molecular formula is C12H16ClN5O2. The lowest BCUT2D eigenvalue weighted by Crippen LogP contribution is -2.32. The van der Waals surface area contributed by atoms with E-state index in [0.717, 1.165) is 6.42 Å². The number of H-pyrrole nitrogens is 1. The quantitative estimate of drug-likeness (QED) is 0.770. The van der Waals surface area contributed by atoms with Gasteiger partial charge in [-0.25, -0.2) is 4.52 Å². The Hall–Kier alpha value is -1.86. The Morgan fingerprint density at radius 1 is 1.55 bits per heavy atom. The number of fused-ring (bicyclic) bond motifs is 1. The van der Waals surface area contributed by atoms with E-state index in [1.54, 1.807) is 18.0 Å². The van der Waals surface area contributed by atoms with E-state index in [9.17, 15) is 9.59 Å². The number of hydrogen-bond donors (Lipinski definition) is 2. The summed E-state index contributed by atoms with van der Waals surface area (Å²) in [6, 6.07) is 1.55. The van der Waals surface area contributed by atoms with Gasteiger partial charge in [0.2, 0.25) is 0 Å². The van der Waals surface area contributed by atoms with E-state index < -0.39 is 0 Å². The molecule has 20 heavy (non-hydrogen) atoms. The van der Waals surface area contributed by atoms with E-state index >= 15 is 0 Å². The molecule has 3 rings (SSSR count). The number of nitrogens with zero attached hydrogens (tertiary/aromatic N) is 3. The largest absolute Gasteiger partial charge is 0.336 e. The van der Waals surface area contributed by atoms with Crippen molar-refractivity contribution in [2.24, 2.45) is 5.73 Å². The molecule has 1 saturated heterocycles. The molecule has 2 aromatic rings. The van der Waals surface area contributed by atoms with Crippen LogP contribution in [0.3, 0.4) is 0 Å². The lowest BCUT2D eigenvalue weighted by atomic mass is 10.3. The lowest BCUT2D eigenvalue weighted by molar-refractivity contribution is 0.0784. The van der Waals surface area contributed by atoms with E-state index in [1.807, 2.05) is 0 Å². The number of nitrogens with two attached hydrogens (primary N) is 1. The van der Waals surface area contributed by atoms with Gasteiger partial charge in [0.25, 0.3) is 11.5 Å². The van der Waals surface area contributed by atoms with Crippen molar-refractivity contribution in [3.05, 3.63) is 34.0 Å². The van der Waals surface area contributed by atoms with Crippen LogP contribution in [0.15, 0.2) is 17.1 Å². The van der Waals surface area contributed by atoms with Gasteiger partial charge >= 0.3 is 0 Å². The third-order valence-electron chi connectivity index (χ3n) is 3.33. The molecule has 1 atom stereocenters. The highest BCUT2D eigenvalue weighted by atomic mass is 35.5. The molecule has 1 fully saturated rings. The van der Waals surface area contributed by atoms with Gasteiger partial charge in [0.1, 0.15) is 5.52 Å². The molecule has 108 valence electrons. The van der Waals surface area contributed by atoms with E-state index in [2.05, 4.69) is 10.1 Å². The van der Waals surface area contributed by atoms with Crippen molar-refractivity contribution >= 4 is 23.8 Å². The summed E-state index contributed by atoms with van der Waals surface area (Å²) in [5.74, 6) is -0.172. The van der Waals surface area contributed by atoms with Crippen LogP contribution in [0, 0.1) is 6.92 Å². The van der Waals surface area contributed by atoms with Gasteiger partial charge in [-0.05, 0) is 13.3 Å². The van der Waals surface area contributed by atoms with Crippen molar-refractivity contribution in [3.8, 4) is 0 Å². The summed E-state index contributed by atoms with van der Waals surface area (Å²) in [5.41, 5.74) is 6.89.